The van der Waals surface area contributed by atoms with Gasteiger partial charge in [-0.05, 0) is 42.2 Å². The van der Waals surface area contributed by atoms with Crippen molar-refractivity contribution in [3.05, 3.63) is 65.4 Å². The minimum absolute atomic E-state index is 0.766. The molecule has 1 aliphatic rings. The monoisotopic (exact) mass is 309 g/mol. The Hall–Kier alpha value is -2.42. The Balaban J connectivity index is 1.80. The maximum Gasteiger partial charge on any atom is 0.161 e. The number of ether oxygens (including phenoxy) is 2. The van der Waals surface area contributed by atoms with Gasteiger partial charge in [0.25, 0.3) is 0 Å². The molecule has 3 heteroatoms. The van der Waals surface area contributed by atoms with Crippen LogP contribution in [-0.2, 0) is 6.54 Å². The van der Waals surface area contributed by atoms with Crippen LogP contribution in [0.2, 0.25) is 0 Å². The molecule has 0 atom stereocenters. The summed E-state index contributed by atoms with van der Waals surface area (Å²) in [6, 6.07) is 16.7. The number of hydrogen-bond donors (Lipinski definition) is 0. The highest BCUT2D eigenvalue weighted by atomic mass is 16.5. The quantitative estimate of drug-likeness (QED) is 0.820. The van der Waals surface area contributed by atoms with Gasteiger partial charge in [0.15, 0.2) is 11.5 Å². The lowest BCUT2D eigenvalue weighted by Crippen LogP contribution is -2.16. The summed E-state index contributed by atoms with van der Waals surface area (Å²) in [7, 11) is 3.33. The van der Waals surface area contributed by atoms with E-state index in [-0.39, 0.29) is 0 Å². The van der Waals surface area contributed by atoms with Crippen LogP contribution in [0.3, 0.4) is 0 Å². The average molecular weight is 309 g/mol. The molecule has 0 saturated carbocycles. The second-order valence-electron chi connectivity index (χ2n) is 5.76. The van der Waals surface area contributed by atoms with Crippen LogP contribution in [0, 0.1) is 0 Å². The van der Waals surface area contributed by atoms with E-state index in [1.54, 1.807) is 14.2 Å². The Kier molecular flexibility index (Phi) is 4.86. The molecule has 0 spiro atoms. The van der Waals surface area contributed by atoms with Gasteiger partial charge < -0.3 is 14.4 Å². The molecule has 0 radical (unpaired) electrons. The zero-order valence-electron chi connectivity index (χ0n) is 13.8. The lowest BCUT2D eigenvalue weighted by molar-refractivity contribution is 0.355. The van der Waals surface area contributed by atoms with Crippen molar-refractivity contribution >= 4 is 6.08 Å². The number of hydrogen-bond acceptors (Lipinski definition) is 3. The van der Waals surface area contributed by atoms with Gasteiger partial charge in [-0.3, -0.25) is 0 Å². The molecule has 1 saturated heterocycles. The van der Waals surface area contributed by atoms with Crippen molar-refractivity contribution in [1.82, 2.24) is 4.90 Å². The minimum atomic E-state index is 0.766. The van der Waals surface area contributed by atoms with Gasteiger partial charge in [0.05, 0.1) is 14.2 Å². The van der Waals surface area contributed by atoms with Crippen LogP contribution in [0.4, 0.5) is 0 Å². The fourth-order valence-electron chi connectivity index (χ4n) is 3.04. The Morgan fingerprint density at radius 3 is 2.52 bits per heavy atom. The molecule has 2 aromatic rings. The summed E-state index contributed by atoms with van der Waals surface area (Å²) in [6.45, 7) is 2.09. The van der Waals surface area contributed by atoms with Gasteiger partial charge in [0.1, 0.15) is 0 Å². The Morgan fingerprint density at radius 1 is 1.00 bits per heavy atom. The largest absolute Gasteiger partial charge is 0.493 e. The summed E-state index contributed by atoms with van der Waals surface area (Å²) in [4.78, 5) is 2.46. The van der Waals surface area contributed by atoms with Gasteiger partial charge in [-0.1, -0.05) is 36.4 Å². The van der Waals surface area contributed by atoms with E-state index in [0.29, 0.717) is 0 Å². The first-order valence-corrected chi connectivity index (χ1v) is 8.01. The van der Waals surface area contributed by atoms with Crippen LogP contribution in [0.25, 0.3) is 6.08 Å². The topological polar surface area (TPSA) is 21.7 Å². The second kappa shape index (κ2) is 7.23. The van der Waals surface area contributed by atoms with Crippen LogP contribution in [0.1, 0.15) is 24.0 Å². The van der Waals surface area contributed by atoms with Gasteiger partial charge in [-0.15, -0.1) is 0 Å². The first-order valence-electron chi connectivity index (χ1n) is 8.01. The molecule has 2 aromatic carbocycles. The van der Waals surface area contributed by atoms with Crippen LogP contribution in [-0.4, -0.2) is 25.7 Å². The fraction of sp³-hybridized carbons (Fsp3) is 0.300. The Morgan fingerprint density at radius 2 is 1.78 bits per heavy atom. The van der Waals surface area contributed by atoms with E-state index in [1.807, 2.05) is 12.1 Å². The molecule has 1 aliphatic heterocycles. The third-order valence-corrected chi connectivity index (χ3v) is 4.22. The molecule has 23 heavy (non-hydrogen) atoms. The van der Waals surface area contributed by atoms with Crippen LogP contribution < -0.4 is 9.47 Å². The van der Waals surface area contributed by atoms with Gasteiger partial charge in [0.2, 0.25) is 0 Å². The normalized spacial score (nSPS) is 15.9. The average Bonchev–Trinajstić information content (AvgIpc) is 3.02. The highest BCUT2D eigenvalue weighted by Gasteiger charge is 2.17. The van der Waals surface area contributed by atoms with Gasteiger partial charge >= 0.3 is 0 Å². The number of likely N-dealkylation sites (tertiary alicyclic amines) is 1. The third kappa shape index (κ3) is 3.67. The molecule has 1 heterocycles. The number of allylic oxidation sites excluding steroid dienone is 1. The summed E-state index contributed by atoms with van der Waals surface area (Å²) < 4.78 is 10.7. The van der Waals surface area contributed by atoms with Crippen LogP contribution >= 0.6 is 0 Å². The Bertz CT molecular complexity index is 679. The summed E-state index contributed by atoms with van der Waals surface area (Å²) in [6.07, 6.45) is 4.60. The summed E-state index contributed by atoms with van der Waals surface area (Å²) in [5, 5.41) is 0. The highest BCUT2D eigenvalue weighted by Crippen LogP contribution is 2.30. The lowest BCUT2D eigenvalue weighted by atomic mass is 10.1. The van der Waals surface area contributed by atoms with E-state index in [2.05, 4.69) is 47.4 Å². The van der Waals surface area contributed by atoms with Gasteiger partial charge in [-0.2, -0.15) is 0 Å². The molecule has 3 rings (SSSR count). The minimum Gasteiger partial charge on any atom is -0.493 e. The molecule has 3 nitrogen and oxygen atoms in total. The van der Waals surface area contributed by atoms with Crippen molar-refractivity contribution in [2.24, 2.45) is 0 Å². The smallest absolute Gasteiger partial charge is 0.161 e. The molecule has 1 fully saturated rings. The fourth-order valence-corrected chi connectivity index (χ4v) is 3.04. The third-order valence-electron chi connectivity index (χ3n) is 4.22. The Labute approximate surface area is 138 Å². The predicted octanol–water partition coefficient (Wildman–Crippen LogP) is 4.34. The van der Waals surface area contributed by atoms with E-state index in [9.17, 15) is 0 Å². The van der Waals surface area contributed by atoms with Crippen molar-refractivity contribution in [2.45, 2.75) is 19.4 Å². The summed E-state index contributed by atoms with van der Waals surface area (Å²) >= 11 is 0. The van der Waals surface area contributed by atoms with Crippen molar-refractivity contribution in [3.63, 3.8) is 0 Å². The number of nitrogens with zero attached hydrogens (tertiary/aromatic N) is 1. The molecule has 0 unspecified atom stereocenters. The van der Waals surface area contributed by atoms with Crippen molar-refractivity contribution in [1.29, 1.82) is 0 Å². The van der Waals surface area contributed by atoms with E-state index in [0.717, 1.165) is 36.6 Å². The van der Waals surface area contributed by atoms with E-state index in [4.69, 9.17) is 9.47 Å². The first-order chi connectivity index (χ1) is 11.3. The maximum absolute atomic E-state index is 5.40. The molecular weight excluding hydrogens is 286 g/mol. The SMILES string of the molecule is COc1ccc(/C=C2/CCCN2Cc2ccccc2)cc1OC. The molecule has 120 valence electrons. The van der Waals surface area contributed by atoms with Crippen molar-refractivity contribution in [3.8, 4) is 11.5 Å². The van der Waals surface area contributed by atoms with Crippen LogP contribution in [0.5, 0.6) is 11.5 Å². The van der Waals surface area contributed by atoms with E-state index >= 15 is 0 Å². The maximum atomic E-state index is 5.40. The van der Waals surface area contributed by atoms with Gasteiger partial charge in [-0.25, -0.2) is 0 Å². The van der Waals surface area contributed by atoms with Crippen molar-refractivity contribution < 1.29 is 9.47 Å². The van der Waals surface area contributed by atoms with Crippen molar-refractivity contribution in [2.75, 3.05) is 20.8 Å². The molecular formula is C20H23NO2. The zero-order chi connectivity index (χ0) is 16.1. The lowest BCUT2D eigenvalue weighted by Gasteiger charge is -2.20. The molecule has 0 amide bonds. The number of rotatable bonds is 5. The predicted molar refractivity (Wildman–Crippen MR) is 93.6 cm³/mol. The molecule has 0 bridgehead atoms. The first kappa shape index (κ1) is 15.5. The summed E-state index contributed by atoms with van der Waals surface area (Å²) in [5.74, 6) is 1.54. The van der Waals surface area contributed by atoms with Crippen LogP contribution in [0.15, 0.2) is 54.2 Å². The standard InChI is InChI=1S/C20H23NO2/c1-22-19-11-10-17(14-20(19)23-2)13-18-9-6-12-21(18)15-16-7-4-3-5-8-16/h3-5,7-8,10-11,13-14H,6,9,12,15H2,1-2H3/b18-13-. The number of benzene rings is 2. The summed E-state index contributed by atoms with van der Waals surface area (Å²) in [5.41, 5.74) is 3.89. The molecule has 0 aliphatic carbocycles. The second-order valence-corrected chi connectivity index (χ2v) is 5.76. The van der Waals surface area contributed by atoms with E-state index in [1.165, 1.54) is 17.7 Å². The zero-order valence-corrected chi connectivity index (χ0v) is 13.8. The highest BCUT2D eigenvalue weighted by molar-refractivity contribution is 5.58. The number of methoxy groups -OCH3 is 2. The molecule has 0 aromatic heterocycles. The van der Waals surface area contributed by atoms with E-state index < -0.39 is 0 Å². The molecule has 0 N–H and O–H groups in total. The van der Waals surface area contributed by atoms with Gasteiger partial charge in [0, 0.05) is 18.8 Å².